The maximum Gasteiger partial charge on any atom is 0.253 e. The SMILES string of the molecule is COc1cccc(CO[C@@H]2CCCN(C(=O)c3cccc(Br)c3)C2)c1. The molecule has 4 nitrogen and oxygen atoms in total. The minimum atomic E-state index is 0.0657. The molecule has 2 aromatic carbocycles. The van der Waals surface area contributed by atoms with E-state index in [9.17, 15) is 4.79 Å². The molecule has 0 bridgehead atoms. The average Bonchev–Trinajstić information content (AvgIpc) is 2.66. The minimum absolute atomic E-state index is 0.0657. The molecule has 1 amide bonds. The highest BCUT2D eigenvalue weighted by atomic mass is 79.9. The second kappa shape index (κ2) is 8.50. The maximum absolute atomic E-state index is 12.7. The van der Waals surface area contributed by atoms with Crippen molar-refractivity contribution in [3.05, 3.63) is 64.1 Å². The van der Waals surface area contributed by atoms with Gasteiger partial charge in [-0.1, -0.05) is 34.1 Å². The summed E-state index contributed by atoms with van der Waals surface area (Å²) in [5, 5.41) is 0. The number of piperidine rings is 1. The third-order valence-corrected chi connectivity index (χ3v) is 4.85. The molecule has 1 heterocycles. The quantitative estimate of drug-likeness (QED) is 0.747. The second-order valence-corrected chi connectivity index (χ2v) is 7.10. The molecule has 0 saturated carbocycles. The smallest absolute Gasteiger partial charge is 0.253 e. The van der Waals surface area contributed by atoms with E-state index in [1.54, 1.807) is 7.11 Å². The van der Waals surface area contributed by atoms with Crippen LogP contribution in [0.25, 0.3) is 0 Å². The molecule has 0 unspecified atom stereocenters. The molecule has 2 aromatic rings. The first kappa shape index (κ1) is 18.0. The van der Waals surface area contributed by atoms with Crippen LogP contribution in [0, 0.1) is 0 Å². The summed E-state index contributed by atoms with van der Waals surface area (Å²) in [6.45, 7) is 1.94. The highest BCUT2D eigenvalue weighted by molar-refractivity contribution is 9.10. The Morgan fingerprint density at radius 1 is 1.24 bits per heavy atom. The summed E-state index contributed by atoms with van der Waals surface area (Å²) >= 11 is 3.42. The summed E-state index contributed by atoms with van der Waals surface area (Å²) < 4.78 is 12.2. The fourth-order valence-corrected chi connectivity index (χ4v) is 3.44. The van der Waals surface area contributed by atoms with Crippen LogP contribution in [0.5, 0.6) is 5.75 Å². The van der Waals surface area contributed by atoms with E-state index in [1.165, 1.54) is 0 Å². The van der Waals surface area contributed by atoms with Crippen LogP contribution in [0.4, 0.5) is 0 Å². The molecular formula is C20H22BrNO3. The first-order chi connectivity index (χ1) is 12.2. The minimum Gasteiger partial charge on any atom is -0.497 e. The number of benzene rings is 2. The van der Waals surface area contributed by atoms with Crippen molar-refractivity contribution in [1.82, 2.24) is 4.90 Å². The molecule has 1 fully saturated rings. The van der Waals surface area contributed by atoms with E-state index in [4.69, 9.17) is 9.47 Å². The first-order valence-corrected chi connectivity index (χ1v) is 9.24. The van der Waals surface area contributed by atoms with E-state index in [0.717, 1.165) is 35.2 Å². The number of nitrogens with zero attached hydrogens (tertiary/aromatic N) is 1. The molecule has 5 heteroatoms. The Kier molecular flexibility index (Phi) is 6.10. The zero-order chi connectivity index (χ0) is 17.6. The van der Waals surface area contributed by atoms with Gasteiger partial charge in [-0.05, 0) is 48.7 Å². The summed E-state index contributed by atoms with van der Waals surface area (Å²) in [7, 11) is 1.66. The van der Waals surface area contributed by atoms with Crippen molar-refractivity contribution >= 4 is 21.8 Å². The Hall–Kier alpha value is -1.85. The van der Waals surface area contributed by atoms with E-state index in [0.29, 0.717) is 18.7 Å². The second-order valence-electron chi connectivity index (χ2n) is 6.19. The van der Waals surface area contributed by atoms with Gasteiger partial charge in [0.05, 0.1) is 19.8 Å². The molecule has 25 heavy (non-hydrogen) atoms. The van der Waals surface area contributed by atoms with Crippen molar-refractivity contribution in [1.29, 1.82) is 0 Å². The molecule has 0 aliphatic carbocycles. The lowest BCUT2D eigenvalue weighted by molar-refractivity contribution is -0.00677. The van der Waals surface area contributed by atoms with Crippen LogP contribution in [0.1, 0.15) is 28.8 Å². The van der Waals surface area contributed by atoms with E-state index in [1.807, 2.05) is 53.4 Å². The van der Waals surface area contributed by atoms with Gasteiger partial charge in [0.15, 0.2) is 0 Å². The molecule has 0 radical (unpaired) electrons. The normalized spacial score (nSPS) is 17.4. The van der Waals surface area contributed by atoms with Crippen molar-refractivity contribution in [3.8, 4) is 5.75 Å². The van der Waals surface area contributed by atoms with Crippen molar-refractivity contribution in [2.24, 2.45) is 0 Å². The highest BCUT2D eigenvalue weighted by Crippen LogP contribution is 2.20. The molecule has 1 saturated heterocycles. The van der Waals surface area contributed by atoms with Crippen LogP contribution in [0.2, 0.25) is 0 Å². The van der Waals surface area contributed by atoms with Gasteiger partial charge in [0.1, 0.15) is 5.75 Å². The first-order valence-electron chi connectivity index (χ1n) is 8.45. The molecule has 1 aliphatic heterocycles. The number of ether oxygens (including phenoxy) is 2. The van der Waals surface area contributed by atoms with E-state index in [-0.39, 0.29) is 12.0 Å². The van der Waals surface area contributed by atoms with Crippen molar-refractivity contribution < 1.29 is 14.3 Å². The van der Waals surface area contributed by atoms with Crippen molar-refractivity contribution in [2.75, 3.05) is 20.2 Å². The lowest BCUT2D eigenvalue weighted by Crippen LogP contribution is -2.43. The highest BCUT2D eigenvalue weighted by Gasteiger charge is 2.25. The van der Waals surface area contributed by atoms with E-state index < -0.39 is 0 Å². The topological polar surface area (TPSA) is 38.8 Å². The molecule has 1 atom stereocenters. The van der Waals surface area contributed by atoms with Crippen molar-refractivity contribution in [2.45, 2.75) is 25.6 Å². The Labute approximate surface area is 156 Å². The van der Waals surface area contributed by atoms with Gasteiger partial charge in [0, 0.05) is 23.1 Å². The van der Waals surface area contributed by atoms with Gasteiger partial charge in [0.25, 0.3) is 5.91 Å². The summed E-state index contributed by atoms with van der Waals surface area (Å²) in [6.07, 6.45) is 2.01. The fourth-order valence-electron chi connectivity index (χ4n) is 3.04. The number of amides is 1. The Morgan fingerprint density at radius 3 is 2.88 bits per heavy atom. The third-order valence-electron chi connectivity index (χ3n) is 4.36. The monoisotopic (exact) mass is 403 g/mol. The number of likely N-dealkylation sites (tertiary alicyclic amines) is 1. The molecular weight excluding hydrogens is 382 g/mol. The zero-order valence-corrected chi connectivity index (χ0v) is 15.9. The standard InChI is InChI=1S/C20H22BrNO3/c1-24-18-8-2-5-15(11-18)14-25-19-9-4-10-22(13-19)20(23)16-6-3-7-17(21)12-16/h2-3,5-8,11-12,19H,4,9-10,13-14H2,1H3/t19-/m1/s1. The van der Waals surface area contributed by atoms with Crippen LogP contribution < -0.4 is 4.74 Å². The lowest BCUT2D eigenvalue weighted by Gasteiger charge is -2.32. The largest absolute Gasteiger partial charge is 0.497 e. The van der Waals surface area contributed by atoms with Crippen LogP contribution in [-0.2, 0) is 11.3 Å². The third kappa shape index (κ3) is 4.83. The summed E-state index contributed by atoms with van der Waals surface area (Å²) in [4.78, 5) is 14.6. The average molecular weight is 404 g/mol. The van der Waals surface area contributed by atoms with Gasteiger partial charge in [-0.3, -0.25) is 4.79 Å². The number of methoxy groups -OCH3 is 1. The van der Waals surface area contributed by atoms with Gasteiger partial charge in [0.2, 0.25) is 0 Å². The molecule has 1 aliphatic rings. The predicted molar refractivity (Wildman–Crippen MR) is 101 cm³/mol. The van der Waals surface area contributed by atoms with E-state index in [2.05, 4.69) is 15.9 Å². The van der Waals surface area contributed by atoms with Gasteiger partial charge in [-0.25, -0.2) is 0 Å². The van der Waals surface area contributed by atoms with Gasteiger partial charge >= 0.3 is 0 Å². The van der Waals surface area contributed by atoms with Crippen molar-refractivity contribution in [3.63, 3.8) is 0 Å². The maximum atomic E-state index is 12.7. The molecule has 132 valence electrons. The zero-order valence-electron chi connectivity index (χ0n) is 14.3. The molecule has 3 rings (SSSR count). The number of hydrogen-bond acceptors (Lipinski definition) is 3. The summed E-state index contributed by atoms with van der Waals surface area (Å²) in [5.74, 6) is 0.896. The number of halogens is 1. The summed E-state index contributed by atoms with van der Waals surface area (Å²) in [5.41, 5.74) is 1.79. The Morgan fingerprint density at radius 2 is 2.08 bits per heavy atom. The lowest BCUT2D eigenvalue weighted by atomic mass is 10.1. The molecule has 0 spiro atoms. The van der Waals surface area contributed by atoms with Crippen LogP contribution in [0.3, 0.4) is 0 Å². The van der Waals surface area contributed by atoms with E-state index >= 15 is 0 Å². The Balaban J connectivity index is 1.58. The summed E-state index contributed by atoms with van der Waals surface area (Å²) in [6, 6.07) is 15.4. The Bertz CT molecular complexity index is 734. The van der Waals surface area contributed by atoms with Crippen LogP contribution in [0.15, 0.2) is 53.0 Å². The predicted octanol–water partition coefficient (Wildman–Crippen LogP) is 4.28. The number of rotatable bonds is 5. The number of carbonyl (C=O) groups is 1. The number of hydrogen-bond donors (Lipinski definition) is 0. The van der Waals surface area contributed by atoms with Gasteiger partial charge in [-0.2, -0.15) is 0 Å². The fraction of sp³-hybridized carbons (Fsp3) is 0.350. The molecule has 0 aromatic heterocycles. The van der Waals surface area contributed by atoms with Gasteiger partial charge in [-0.15, -0.1) is 0 Å². The van der Waals surface area contributed by atoms with Gasteiger partial charge < -0.3 is 14.4 Å². The van der Waals surface area contributed by atoms with Crippen LogP contribution >= 0.6 is 15.9 Å². The molecule has 0 N–H and O–H groups in total. The number of carbonyl (C=O) groups excluding carboxylic acids is 1. The van der Waals surface area contributed by atoms with Crippen LogP contribution in [-0.4, -0.2) is 37.1 Å².